The lowest BCUT2D eigenvalue weighted by Gasteiger charge is -2.21. The molecule has 0 aliphatic carbocycles. The molecule has 0 aliphatic heterocycles. The van der Waals surface area contributed by atoms with Gasteiger partial charge in [-0.15, -0.1) is 0 Å². The minimum absolute atomic E-state index is 0.140. The van der Waals surface area contributed by atoms with Crippen LogP contribution in [0, 0.1) is 0 Å². The number of nitrogens with one attached hydrogen (secondary N) is 2. The molecule has 0 bridgehead atoms. The number of nitrogens with zero attached hydrogens (tertiary/aromatic N) is 1. The van der Waals surface area contributed by atoms with Crippen molar-refractivity contribution in [2.24, 2.45) is 0 Å². The lowest BCUT2D eigenvalue weighted by atomic mass is 10.0. The van der Waals surface area contributed by atoms with Crippen LogP contribution in [0.4, 0.5) is 15.3 Å². The summed E-state index contributed by atoms with van der Waals surface area (Å²) in [7, 11) is 1.68. The summed E-state index contributed by atoms with van der Waals surface area (Å²) < 4.78 is 10.2. The molecule has 0 unspecified atom stereocenters. The van der Waals surface area contributed by atoms with Crippen LogP contribution < -0.4 is 10.6 Å². The predicted octanol–water partition coefficient (Wildman–Crippen LogP) is 4.79. The van der Waals surface area contributed by atoms with Crippen molar-refractivity contribution in [3.63, 3.8) is 0 Å². The maximum atomic E-state index is 12.4. The van der Waals surface area contributed by atoms with Crippen molar-refractivity contribution in [1.82, 2.24) is 10.2 Å². The molecule has 0 heterocycles. The average Bonchev–Trinajstić information content (AvgIpc) is 2.71. The van der Waals surface area contributed by atoms with Crippen LogP contribution in [-0.2, 0) is 20.8 Å². The quantitative estimate of drug-likeness (QED) is 0.625. The van der Waals surface area contributed by atoms with Crippen LogP contribution >= 0.6 is 0 Å². The molecule has 2 N–H and O–H groups in total. The Hall–Kier alpha value is -3.55. The lowest BCUT2D eigenvalue weighted by molar-refractivity contribution is -0.129. The lowest BCUT2D eigenvalue weighted by Crippen LogP contribution is -2.40. The van der Waals surface area contributed by atoms with Gasteiger partial charge in [0.1, 0.15) is 12.1 Å². The van der Waals surface area contributed by atoms with Crippen LogP contribution in [0.1, 0.15) is 40.2 Å². The Labute approximate surface area is 195 Å². The molecule has 2 rings (SSSR count). The van der Waals surface area contributed by atoms with Gasteiger partial charge in [0.2, 0.25) is 5.91 Å². The summed E-state index contributed by atoms with van der Waals surface area (Å²) in [5, 5.41) is 5.17. The van der Waals surface area contributed by atoms with Gasteiger partial charge in [-0.1, -0.05) is 30.3 Å². The molecular weight excluding hydrogens is 422 g/mol. The Balaban J connectivity index is 1.95. The SMILES string of the molecule is CC(C)OC(=O)Nc1ccc(-c2cccc(CN(C)C(=O)CNC(=O)OC(C)(C)C)c2)cc1. The standard InChI is InChI=1S/C25H33N3O5/c1-17(2)32-24(31)27-21-12-10-19(11-13-21)20-9-7-8-18(14-20)16-28(6)22(29)15-26-23(30)33-25(3,4)5/h7-14,17H,15-16H2,1-6H3,(H,26,30)(H,27,31). The molecule has 0 fully saturated rings. The number of hydrogen-bond donors (Lipinski definition) is 2. The summed E-state index contributed by atoms with van der Waals surface area (Å²) in [6.45, 7) is 9.12. The Morgan fingerprint density at radius 2 is 1.64 bits per heavy atom. The maximum absolute atomic E-state index is 12.4. The van der Waals surface area contributed by atoms with Gasteiger partial charge in [-0.3, -0.25) is 10.1 Å². The van der Waals surface area contributed by atoms with Crippen LogP contribution in [0.15, 0.2) is 48.5 Å². The van der Waals surface area contributed by atoms with E-state index in [9.17, 15) is 14.4 Å². The molecule has 8 nitrogen and oxygen atoms in total. The number of carbonyl (C=O) groups is 3. The third-order valence-corrected chi connectivity index (χ3v) is 4.36. The van der Waals surface area contributed by atoms with Crippen LogP contribution in [-0.4, -0.2) is 48.3 Å². The fourth-order valence-electron chi connectivity index (χ4n) is 2.92. The van der Waals surface area contributed by atoms with E-state index in [1.165, 1.54) is 0 Å². The third-order valence-electron chi connectivity index (χ3n) is 4.36. The summed E-state index contributed by atoms with van der Waals surface area (Å²) in [6, 6.07) is 15.3. The zero-order valence-corrected chi connectivity index (χ0v) is 20.1. The van der Waals surface area contributed by atoms with Crippen LogP contribution in [0.5, 0.6) is 0 Å². The molecule has 33 heavy (non-hydrogen) atoms. The summed E-state index contributed by atoms with van der Waals surface area (Å²) >= 11 is 0. The molecule has 2 aromatic rings. The van der Waals surface area contributed by atoms with Crippen LogP contribution in [0.25, 0.3) is 11.1 Å². The summed E-state index contributed by atoms with van der Waals surface area (Å²) in [4.78, 5) is 37.4. The molecule has 8 heteroatoms. The normalized spacial score (nSPS) is 11.0. The number of rotatable bonds is 7. The van der Waals surface area contributed by atoms with Gasteiger partial charge >= 0.3 is 12.2 Å². The average molecular weight is 456 g/mol. The number of hydrogen-bond acceptors (Lipinski definition) is 5. The number of anilines is 1. The second-order valence-electron chi connectivity index (χ2n) is 8.96. The zero-order valence-electron chi connectivity index (χ0n) is 20.1. The van der Waals surface area contributed by atoms with Crippen molar-refractivity contribution in [2.45, 2.75) is 52.9 Å². The largest absolute Gasteiger partial charge is 0.447 e. The molecule has 0 aromatic heterocycles. The van der Waals surface area contributed by atoms with Crippen molar-refractivity contribution in [1.29, 1.82) is 0 Å². The van der Waals surface area contributed by atoms with E-state index in [1.54, 1.807) is 46.6 Å². The van der Waals surface area contributed by atoms with Crippen molar-refractivity contribution in [3.05, 3.63) is 54.1 Å². The van der Waals surface area contributed by atoms with E-state index >= 15 is 0 Å². The van der Waals surface area contributed by atoms with Crippen molar-refractivity contribution in [2.75, 3.05) is 18.9 Å². The first-order valence-corrected chi connectivity index (χ1v) is 10.8. The molecule has 0 radical (unpaired) electrons. The van der Waals surface area contributed by atoms with E-state index in [1.807, 2.05) is 48.5 Å². The van der Waals surface area contributed by atoms with E-state index in [0.717, 1.165) is 16.7 Å². The predicted molar refractivity (Wildman–Crippen MR) is 128 cm³/mol. The minimum Gasteiger partial charge on any atom is -0.447 e. The van der Waals surface area contributed by atoms with Crippen LogP contribution in [0.2, 0.25) is 0 Å². The van der Waals surface area contributed by atoms with Gasteiger partial charge in [0, 0.05) is 19.3 Å². The number of benzene rings is 2. The molecule has 0 spiro atoms. The van der Waals surface area contributed by atoms with E-state index in [-0.39, 0.29) is 18.6 Å². The minimum atomic E-state index is -0.623. The summed E-state index contributed by atoms with van der Waals surface area (Å²) in [6.07, 6.45) is -1.31. The first-order valence-electron chi connectivity index (χ1n) is 10.8. The maximum Gasteiger partial charge on any atom is 0.411 e. The van der Waals surface area contributed by atoms with Gasteiger partial charge in [0.25, 0.3) is 0 Å². The van der Waals surface area contributed by atoms with Gasteiger partial charge in [-0.25, -0.2) is 9.59 Å². The van der Waals surface area contributed by atoms with Gasteiger partial charge in [-0.2, -0.15) is 0 Å². The highest BCUT2D eigenvalue weighted by atomic mass is 16.6. The smallest absolute Gasteiger partial charge is 0.411 e. The van der Waals surface area contributed by atoms with Crippen molar-refractivity contribution < 1.29 is 23.9 Å². The highest BCUT2D eigenvalue weighted by Gasteiger charge is 2.18. The number of carbonyl (C=O) groups excluding carboxylic acids is 3. The topological polar surface area (TPSA) is 97.0 Å². The summed E-state index contributed by atoms with van der Waals surface area (Å²) in [5.74, 6) is -0.227. The van der Waals surface area contributed by atoms with Crippen LogP contribution in [0.3, 0.4) is 0 Å². The van der Waals surface area contributed by atoms with E-state index < -0.39 is 17.8 Å². The van der Waals surface area contributed by atoms with Gasteiger partial charge < -0.3 is 19.7 Å². The third kappa shape index (κ3) is 9.22. The molecular formula is C25H33N3O5. The molecule has 0 saturated carbocycles. The molecule has 2 aromatic carbocycles. The molecule has 0 atom stereocenters. The first-order chi connectivity index (χ1) is 15.4. The Bertz CT molecular complexity index is 965. The zero-order chi connectivity index (χ0) is 24.6. The first kappa shape index (κ1) is 25.7. The van der Waals surface area contributed by atoms with E-state index in [4.69, 9.17) is 9.47 Å². The fourth-order valence-corrected chi connectivity index (χ4v) is 2.92. The van der Waals surface area contributed by atoms with Gasteiger partial charge in [0.15, 0.2) is 0 Å². The Morgan fingerprint density at radius 1 is 0.970 bits per heavy atom. The Kier molecular flexibility index (Phi) is 8.85. The fraction of sp³-hybridized carbons (Fsp3) is 0.400. The van der Waals surface area contributed by atoms with E-state index in [0.29, 0.717) is 12.2 Å². The van der Waals surface area contributed by atoms with Crippen molar-refractivity contribution >= 4 is 23.8 Å². The van der Waals surface area contributed by atoms with E-state index in [2.05, 4.69) is 10.6 Å². The molecule has 0 aliphatic rings. The number of alkyl carbamates (subject to hydrolysis) is 1. The molecule has 0 saturated heterocycles. The summed E-state index contributed by atoms with van der Waals surface area (Å²) in [5.41, 5.74) is 2.92. The number of amides is 3. The molecule has 178 valence electrons. The van der Waals surface area contributed by atoms with Gasteiger partial charge in [0.05, 0.1) is 6.10 Å². The monoisotopic (exact) mass is 455 g/mol. The number of likely N-dealkylation sites (N-methyl/N-ethyl adjacent to an activating group) is 1. The second-order valence-corrected chi connectivity index (χ2v) is 8.96. The highest BCUT2D eigenvalue weighted by molar-refractivity contribution is 5.85. The Morgan fingerprint density at radius 3 is 2.24 bits per heavy atom. The molecule has 3 amide bonds. The second kappa shape index (κ2) is 11.4. The van der Waals surface area contributed by atoms with Crippen molar-refractivity contribution in [3.8, 4) is 11.1 Å². The van der Waals surface area contributed by atoms with Gasteiger partial charge in [-0.05, 0) is 69.5 Å². The number of ether oxygens (including phenoxy) is 2. The highest BCUT2D eigenvalue weighted by Crippen LogP contribution is 2.23.